The lowest BCUT2D eigenvalue weighted by molar-refractivity contribution is 0.0636. The Morgan fingerprint density at radius 3 is 2.43 bits per heavy atom. The minimum atomic E-state index is -0.349. The number of aromatic nitrogens is 3. The van der Waals surface area contributed by atoms with E-state index in [0.717, 1.165) is 67.7 Å². The standard InChI is InChI=1S/C42H48N8O6/c1-48-25-29(21-35(48)40(51)45-30-11-5-4-6-12-30)28-14-16-31(17-15-28)46-41(52)39-47-38(26-49(39)2)44-27-55-19-9-10-20-56-37-23-34-33(22-36(37)54-3)42(53)50-18-8-7-13-32(50)24-43-34/h4-6,11-12,14-17,21-23,25-26,32,43-44H,7-10,13,18-20,24,27H2,1-3H3,(H,45,51)(H,46,52)/t32-/m0/s1. The van der Waals surface area contributed by atoms with Gasteiger partial charge in [-0.2, -0.15) is 0 Å². The number of imidazole rings is 1. The van der Waals surface area contributed by atoms with Crippen molar-refractivity contribution >= 4 is 40.6 Å². The second-order valence-corrected chi connectivity index (χ2v) is 14.0. The van der Waals surface area contributed by atoms with Crippen molar-refractivity contribution in [3.05, 3.63) is 102 Å². The number of piperidine rings is 1. The molecule has 14 nitrogen and oxygen atoms in total. The van der Waals surface area contributed by atoms with Gasteiger partial charge in [0, 0.05) is 75.2 Å². The van der Waals surface area contributed by atoms with Gasteiger partial charge < -0.3 is 49.5 Å². The number of hydrogen-bond donors (Lipinski definition) is 4. The maximum Gasteiger partial charge on any atom is 0.291 e. The molecule has 14 heteroatoms. The molecule has 3 aromatic carbocycles. The van der Waals surface area contributed by atoms with Crippen molar-refractivity contribution in [2.45, 2.75) is 38.1 Å². The van der Waals surface area contributed by atoms with Crippen molar-refractivity contribution < 1.29 is 28.6 Å². The van der Waals surface area contributed by atoms with Gasteiger partial charge in [0.05, 0.1) is 25.0 Å². The van der Waals surface area contributed by atoms with E-state index in [1.807, 2.05) is 84.9 Å². The predicted octanol–water partition coefficient (Wildman–Crippen LogP) is 6.60. The number of ether oxygens (including phenoxy) is 3. The van der Waals surface area contributed by atoms with Gasteiger partial charge in [0.15, 0.2) is 11.5 Å². The lowest BCUT2D eigenvalue weighted by Crippen LogP contribution is -2.45. The van der Waals surface area contributed by atoms with Crippen LogP contribution in [0.1, 0.15) is 63.6 Å². The Morgan fingerprint density at radius 2 is 1.62 bits per heavy atom. The molecule has 3 amide bonds. The number of methoxy groups -OCH3 is 1. The zero-order valence-corrected chi connectivity index (χ0v) is 32.0. The van der Waals surface area contributed by atoms with Crippen LogP contribution in [0.3, 0.4) is 0 Å². The summed E-state index contributed by atoms with van der Waals surface area (Å²) in [4.78, 5) is 45.7. The van der Waals surface area contributed by atoms with Gasteiger partial charge in [-0.15, -0.1) is 0 Å². The minimum Gasteiger partial charge on any atom is -0.493 e. The molecule has 0 spiro atoms. The van der Waals surface area contributed by atoms with E-state index in [1.54, 1.807) is 35.6 Å². The van der Waals surface area contributed by atoms with E-state index in [2.05, 4.69) is 26.3 Å². The number of benzene rings is 3. The van der Waals surface area contributed by atoms with E-state index >= 15 is 0 Å². The van der Waals surface area contributed by atoms with Crippen LogP contribution < -0.4 is 30.7 Å². The molecular formula is C42H48N8O6. The van der Waals surface area contributed by atoms with Crippen LogP contribution in [0, 0.1) is 0 Å². The Labute approximate surface area is 326 Å². The molecule has 2 aliphatic heterocycles. The van der Waals surface area contributed by atoms with E-state index in [-0.39, 0.29) is 36.3 Å². The number of amides is 3. The number of anilines is 4. The van der Waals surface area contributed by atoms with Crippen molar-refractivity contribution in [2.75, 3.05) is 61.4 Å². The first-order valence-electron chi connectivity index (χ1n) is 19.0. The summed E-state index contributed by atoms with van der Waals surface area (Å²) in [7, 11) is 5.18. The van der Waals surface area contributed by atoms with Crippen molar-refractivity contribution in [1.82, 2.24) is 19.0 Å². The van der Waals surface area contributed by atoms with Crippen LogP contribution in [0.5, 0.6) is 11.5 Å². The molecule has 4 heterocycles. The van der Waals surface area contributed by atoms with Gasteiger partial charge in [0.25, 0.3) is 17.7 Å². The highest BCUT2D eigenvalue weighted by atomic mass is 16.5. The molecule has 292 valence electrons. The molecular weight excluding hydrogens is 713 g/mol. The maximum absolute atomic E-state index is 13.3. The van der Waals surface area contributed by atoms with Crippen molar-refractivity contribution in [1.29, 1.82) is 0 Å². The minimum absolute atomic E-state index is 0.0462. The van der Waals surface area contributed by atoms with Gasteiger partial charge in [-0.05, 0) is 74.1 Å². The van der Waals surface area contributed by atoms with Gasteiger partial charge in [-0.3, -0.25) is 14.4 Å². The Hall–Kier alpha value is -6.28. The highest BCUT2D eigenvalue weighted by Gasteiger charge is 2.32. The molecule has 2 aromatic heterocycles. The molecule has 4 N–H and O–H groups in total. The quantitative estimate of drug-likeness (QED) is 0.0683. The Balaban J connectivity index is 0.831. The third kappa shape index (κ3) is 8.81. The lowest BCUT2D eigenvalue weighted by Gasteiger charge is -2.34. The van der Waals surface area contributed by atoms with Crippen molar-refractivity contribution in [2.24, 2.45) is 14.1 Å². The van der Waals surface area contributed by atoms with Crippen LogP contribution in [0.15, 0.2) is 85.2 Å². The number of hydrogen-bond acceptors (Lipinski definition) is 9. The molecule has 1 saturated heterocycles. The summed E-state index contributed by atoms with van der Waals surface area (Å²) in [5.74, 6) is 1.41. The summed E-state index contributed by atoms with van der Waals surface area (Å²) in [6.07, 6.45) is 8.35. The second-order valence-electron chi connectivity index (χ2n) is 14.0. The topological polar surface area (TPSA) is 153 Å². The van der Waals surface area contributed by atoms with Crippen molar-refractivity contribution in [3.63, 3.8) is 0 Å². The summed E-state index contributed by atoms with van der Waals surface area (Å²) in [5, 5.41) is 12.4. The predicted molar refractivity (Wildman–Crippen MR) is 216 cm³/mol. The Bertz CT molecular complexity index is 2160. The van der Waals surface area contributed by atoms with Crippen LogP contribution in [-0.4, -0.2) is 82.9 Å². The SMILES string of the molecule is COc1cc2c(cc1OCCCCOCNc1cn(C)c(C(=O)Nc3ccc(-c4cc(C(=O)Nc5ccccc5)n(C)c4)cc3)n1)NC[C@@H]1CCCCN1C2=O. The van der Waals surface area contributed by atoms with Crippen LogP contribution >= 0.6 is 0 Å². The molecule has 0 radical (unpaired) electrons. The molecule has 1 fully saturated rings. The van der Waals surface area contributed by atoms with Gasteiger partial charge in [0.2, 0.25) is 5.82 Å². The Kier molecular flexibility index (Phi) is 11.8. The first-order valence-corrected chi connectivity index (χ1v) is 19.0. The fourth-order valence-corrected chi connectivity index (χ4v) is 7.06. The van der Waals surface area contributed by atoms with Gasteiger partial charge in [0.1, 0.15) is 18.2 Å². The maximum atomic E-state index is 13.3. The smallest absolute Gasteiger partial charge is 0.291 e. The first kappa shape index (κ1) is 38.0. The number of carbonyl (C=O) groups excluding carboxylic acids is 3. The highest BCUT2D eigenvalue weighted by molar-refractivity contribution is 6.04. The van der Waals surface area contributed by atoms with E-state index in [0.29, 0.717) is 47.5 Å². The van der Waals surface area contributed by atoms with Crippen LogP contribution in [0.4, 0.5) is 22.9 Å². The molecule has 1 atom stereocenters. The van der Waals surface area contributed by atoms with Crippen LogP contribution in [0.25, 0.3) is 11.1 Å². The normalized spacial score (nSPS) is 14.9. The third-order valence-electron chi connectivity index (χ3n) is 10.1. The number of para-hydroxylation sites is 1. The summed E-state index contributed by atoms with van der Waals surface area (Å²) < 4.78 is 20.9. The average Bonchev–Trinajstić information content (AvgIpc) is 3.76. The summed E-state index contributed by atoms with van der Waals surface area (Å²) in [6.45, 7) is 2.72. The zero-order chi connectivity index (χ0) is 39.0. The molecule has 0 bridgehead atoms. The number of fused-ring (bicyclic) bond motifs is 2. The monoisotopic (exact) mass is 760 g/mol. The van der Waals surface area contributed by atoms with E-state index in [9.17, 15) is 14.4 Å². The number of rotatable bonds is 15. The van der Waals surface area contributed by atoms with Gasteiger partial charge in [-0.25, -0.2) is 4.98 Å². The number of unbranched alkanes of at least 4 members (excludes halogenated alkanes) is 1. The molecule has 0 unspecified atom stereocenters. The average molecular weight is 761 g/mol. The van der Waals surface area contributed by atoms with Gasteiger partial charge in [-0.1, -0.05) is 30.3 Å². The number of nitrogens with zero attached hydrogens (tertiary/aromatic N) is 4. The zero-order valence-electron chi connectivity index (χ0n) is 32.0. The van der Waals surface area contributed by atoms with Crippen molar-refractivity contribution in [3.8, 4) is 22.6 Å². The van der Waals surface area contributed by atoms with E-state index < -0.39 is 0 Å². The molecule has 0 aliphatic carbocycles. The third-order valence-corrected chi connectivity index (χ3v) is 10.1. The molecule has 0 saturated carbocycles. The second kappa shape index (κ2) is 17.5. The van der Waals surface area contributed by atoms with Gasteiger partial charge >= 0.3 is 0 Å². The lowest BCUT2D eigenvalue weighted by atomic mass is 10.0. The van der Waals surface area contributed by atoms with E-state index in [4.69, 9.17) is 14.2 Å². The molecule has 5 aromatic rings. The molecule has 2 aliphatic rings. The molecule has 56 heavy (non-hydrogen) atoms. The Morgan fingerprint density at radius 1 is 0.857 bits per heavy atom. The van der Waals surface area contributed by atoms with Crippen LogP contribution in [-0.2, 0) is 18.8 Å². The fraction of sp³-hybridized carbons (Fsp3) is 0.333. The number of carbonyl (C=O) groups is 3. The fourth-order valence-electron chi connectivity index (χ4n) is 7.06. The summed E-state index contributed by atoms with van der Waals surface area (Å²) in [6, 6.07) is 22.5. The first-order chi connectivity index (χ1) is 27.3. The number of nitrogens with one attached hydrogen (secondary N) is 4. The largest absolute Gasteiger partial charge is 0.493 e. The molecule has 7 rings (SSSR count). The van der Waals surface area contributed by atoms with Crippen LogP contribution in [0.2, 0.25) is 0 Å². The summed E-state index contributed by atoms with van der Waals surface area (Å²) >= 11 is 0. The van der Waals surface area contributed by atoms with E-state index in [1.165, 1.54) is 0 Å². The highest BCUT2D eigenvalue weighted by Crippen LogP contribution is 2.37. The summed E-state index contributed by atoms with van der Waals surface area (Å²) in [5.41, 5.74) is 5.07. The number of aryl methyl sites for hydroxylation is 2.